The van der Waals surface area contributed by atoms with Gasteiger partial charge in [-0.3, -0.25) is 9.30 Å². The Morgan fingerprint density at radius 3 is 2.69 bits per heavy atom. The number of oxazole rings is 1. The number of pyridine rings is 1. The van der Waals surface area contributed by atoms with Crippen molar-refractivity contribution in [3.05, 3.63) is 60.4 Å². The van der Waals surface area contributed by atoms with Crippen LogP contribution in [0.25, 0.3) is 16.7 Å². The normalized spacial score (nSPS) is 17.9. The van der Waals surface area contributed by atoms with Crippen LogP contribution in [0.3, 0.4) is 0 Å². The minimum atomic E-state index is 0.179. The second-order valence-electron chi connectivity index (χ2n) is 6.99. The number of benzene rings is 1. The number of likely N-dealkylation sites (tertiary alicyclic amines) is 1. The first-order valence-electron chi connectivity index (χ1n) is 9.19. The van der Waals surface area contributed by atoms with Gasteiger partial charge in [-0.25, -0.2) is 4.98 Å². The summed E-state index contributed by atoms with van der Waals surface area (Å²) >= 11 is 0. The monoisotopic (exact) mass is 347 g/mol. The Hall–Kier alpha value is -2.73. The minimum absolute atomic E-state index is 0.179. The predicted molar refractivity (Wildman–Crippen MR) is 99.0 cm³/mol. The number of para-hydroxylation sites is 2. The van der Waals surface area contributed by atoms with Crippen molar-refractivity contribution in [2.75, 3.05) is 13.1 Å². The molecule has 1 fully saturated rings. The third-order valence-electron chi connectivity index (χ3n) is 5.45. The van der Waals surface area contributed by atoms with E-state index in [1.54, 1.807) is 0 Å². The highest BCUT2D eigenvalue weighted by Crippen LogP contribution is 2.32. The van der Waals surface area contributed by atoms with E-state index in [4.69, 9.17) is 4.42 Å². The number of aromatic nitrogens is 4. The first-order chi connectivity index (χ1) is 12.8. The zero-order valence-corrected chi connectivity index (χ0v) is 14.7. The van der Waals surface area contributed by atoms with Crippen LogP contribution in [0, 0.1) is 0 Å². The van der Waals surface area contributed by atoms with Gasteiger partial charge in [0.15, 0.2) is 11.2 Å². The van der Waals surface area contributed by atoms with Gasteiger partial charge in [-0.1, -0.05) is 18.2 Å². The smallest absolute Gasteiger partial charge is 0.212 e. The van der Waals surface area contributed by atoms with Gasteiger partial charge >= 0.3 is 0 Å². The summed E-state index contributed by atoms with van der Waals surface area (Å²) in [5.41, 5.74) is 2.71. The maximum absolute atomic E-state index is 5.96. The van der Waals surface area contributed by atoms with E-state index in [0.717, 1.165) is 54.4 Å². The third kappa shape index (κ3) is 2.57. The van der Waals surface area contributed by atoms with E-state index in [1.165, 1.54) is 0 Å². The van der Waals surface area contributed by atoms with Crippen LogP contribution >= 0.6 is 0 Å². The van der Waals surface area contributed by atoms with Crippen LogP contribution in [-0.4, -0.2) is 37.6 Å². The van der Waals surface area contributed by atoms with Gasteiger partial charge in [-0.15, -0.1) is 10.2 Å². The van der Waals surface area contributed by atoms with Crippen molar-refractivity contribution in [1.82, 2.24) is 24.5 Å². The van der Waals surface area contributed by atoms with Crippen LogP contribution in [0.1, 0.15) is 43.4 Å². The van der Waals surface area contributed by atoms with Gasteiger partial charge in [-0.2, -0.15) is 0 Å². The molecule has 0 bridgehead atoms. The molecule has 1 saturated heterocycles. The van der Waals surface area contributed by atoms with E-state index in [2.05, 4.69) is 37.6 Å². The standard InChI is InChI=1S/C20H21N5O/c1-14(20-21-16-6-2-3-7-17(16)26-20)24-12-9-15(10-13-24)19-23-22-18-8-4-5-11-25(18)19/h2-8,11,14-15H,9-10,12-13H2,1H3/t14-/m1/s1. The first-order valence-corrected chi connectivity index (χ1v) is 9.19. The van der Waals surface area contributed by atoms with Gasteiger partial charge < -0.3 is 4.42 Å². The lowest BCUT2D eigenvalue weighted by molar-refractivity contribution is 0.142. The number of fused-ring (bicyclic) bond motifs is 2. The van der Waals surface area contributed by atoms with E-state index >= 15 is 0 Å². The number of piperidine rings is 1. The fourth-order valence-electron chi connectivity index (χ4n) is 3.91. The predicted octanol–water partition coefficient (Wildman–Crippen LogP) is 3.81. The summed E-state index contributed by atoms with van der Waals surface area (Å²) in [7, 11) is 0. The molecule has 0 spiro atoms. The summed E-state index contributed by atoms with van der Waals surface area (Å²) in [4.78, 5) is 7.11. The lowest BCUT2D eigenvalue weighted by Gasteiger charge is -2.34. The topological polar surface area (TPSA) is 59.5 Å². The van der Waals surface area contributed by atoms with Crippen LogP contribution in [-0.2, 0) is 0 Å². The van der Waals surface area contributed by atoms with E-state index < -0.39 is 0 Å². The van der Waals surface area contributed by atoms with Crippen LogP contribution in [0.5, 0.6) is 0 Å². The highest BCUT2D eigenvalue weighted by molar-refractivity contribution is 5.72. The molecular formula is C20H21N5O. The lowest BCUT2D eigenvalue weighted by Crippen LogP contribution is -2.35. The quantitative estimate of drug-likeness (QED) is 0.564. The van der Waals surface area contributed by atoms with Crippen molar-refractivity contribution >= 4 is 16.7 Å². The Bertz CT molecular complexity index is 1010. The molecule has 1 aromatic carbocycles. The molecule has 132 valence electrons. The van der Waals surface area contributed by atoms with Crippen molar-refractivity contribution in [3.8, 4) is 0 Å². The molecule has 0 saturated carbocycles. The average molecular weight is 347 g/mol. The summed E-state index contributed by atoms with van der Waals surface area (Å²) in [6, 6.07) is 14.2. The molecule has 0 radical (unpaired) electrons. The molecule has 0 unspecified atom stereocenters. The van der Waals surface area contributed by atoms with Crippen LogP contribution in [0.15, 0.2) is 53.1 Å². The molecule has 6 heteroatoms. The summed E-state index contributed by atoms with van der Waals surface area (Å²) in [6.07, 6.45) is 4.19. The molecule has 0 aliphatic carbocycles. The Morgan fingerprint density at radius 2 is 1.85 bits per heavy atom. The van der Waals surface area contributed by atoms with Crippen molar-refractivity contribution in [3.63, 3.8) is 0 Å². The molecule has 0 amide bonds. The summed E-state index contributed by atoms with van der Waals surface area (Å²) < 4.78 is 8.08. The van der Waals surface area contributed by atoms with E-state index in [-0.39, 0.29) is 6.04 Å². The largest absolute Gasteiger partial charge is 0.439 e. The molecule has 1 aliphatic rings. The number of nitrogens with zero attached hydrogens (tertiary/aromatic N) is 5. The maximum Gasteiger partial charge on any atom is 0.212 e. The highest BCUT2D eigenvalue weighted by atomic mass is 16.3. The SMILES string of the molecule is C[C@H](c1nc2ccccc2o1)N1CCC(c2nnc3ccccn23)CC1. The van der Waals surface area contributed by atoms with E-state index in [9.17, 15) is 0 Å². The van der Waals surface area contributed by atoms with Gasteiger partial charge in [0.2, 0.25) is 5.89 Å². The minimum Gasteiger partial charge on any atom is -0.439 e. The molecule has 26 heavy (non-hydrogen) atoms. The van der Waals surface area contributed by atoms with Crippen molar-refractivity contribution in [2.45, 2.75) is 31.7 Å². The van der Waals surface area contributed by atoms with Crippen LogP contribution in [0.4, 0.5) is 0 Å². The molecule has 5 rings (SSSR count). The molecule has 4 heterocycles. The second kappa shape index (κ2) is 6.21. The Balaban J connectivity index is 1.32. The van der Waals surface area contributed by atoms with E-state index in [0.29, 0.717) is 5.92 Å². The Morgan fingerprint density at radius 1 is 1.04 bits per heavy atom. The lowest BCUT2D eigenvalue weighted by atomic mass is 9.95. The molecule has 3 aromatic heterocycles. The average Bonchev–Trinajstić information content (AvgIpc) is 3.32. The molecule has 1 atom stereocenters. The van der Waals surface area contributed by atoms with Gasteiger partial charge in [0.05, 0.1) is 6.04 Å². The Kier molecular flexibility index (Phi) is 3.71. The van der Waals surface area contributed by atoms with Crippen molar-refractivity contribution in [1.29, 1.82) is 0 Å². The number of hydrogen-bond donors (Lipinski definition) is 0. The number of rotatable bonds is 3. The maximum atomic E-state index is 5.96. The third-order valence-corrected chi connectivity index (χ3v) is 5.45. The first kappa shape index (κ1) is 15.5. The second-order valence-corrected chi connectivity index (χ2v) is 6.99. The zero-order chi connectivity index (χ0) is 17.5. The summed E-state index contributed by atoms with van der Waals surface area (Å²) in [5, 5.41) is 8.73. The van der Waals surface area contributed by atoms with Gasteiger partial charge in [0, 0.05) is 12.1 Å². The number of hydrogen-bond acceptors (Lipinski definition) is 5. The van der Waals surface area contributed by atoms with Gasteiger partial charge in [-0.05, 0) is 57.1 Å². The van der Waals surface area contributed by atoms with Crippen LogP contribution in [0.2, 0.25) is 0 Å². The summed E-state index contributed by atoms with van der Waals surface area (Å²) in [6.45, 7) is 4.19. The van der Waals surface area contributed by atoms with Gasteiger partial charge in [0.1, 0.15) is 11.3 Å². The molecular weight excluding hydrogens is 326 g/mol. The molecule has 1 aliphatic heterocycles. The fourth-order valence-corrected chi connectivity index (χ4v) is 3.91. The van der Waals surface area contributed by atoms with Gasteiger partial charge in [0.25, 0.3) is 0 Å². The molecule has 0 N–H and O–H groups in total. The van der Waals surface area contributed by atoms with Crippen molar-refractivity contribution < 1.29 is 4.42 Å². The highest BCUT2D eigenvalue weighted by Gasteiger charge is 2.29. The van der Waals surface area contributed by atoms with Crippen molar-refractivity contribution in [2.24, 2.45) is 0 Å². The fraction of sp³-hybridized carbons (Fsp3) is 0.350. The molecule has 6 nitrogen and oxygen atoms in total. The summed E-state index contributed by atoms with van der Waals surface area (Å²) in [5.74, 6) is 2.33. The molecule has 4 aromatic rings. The zero-order valence-electron chi connectivity index (χ0n) is 14.7. The van der Waals surface area contributed by atoms with E-state index in [1.807, 2.05) is 42.5 Å². The van der Waals surface area contributed by atoms with Crippen LogP contribution < -0.4 is 0 Å². The Labute approximate surface area is 151 Å².